The van der Waals surface area contributed by atoms with E-state index in [0.717, 1.165) is 0 Å². The van der Waals surface area contributed by atoms with Gasteiger partial charge in [0.15, 0.2) is 12.8 Å². The molecule has 0 saturated heterocycles. The Kier molecular flexibility index (Phi) is 3.76. The van der Waals surface area contributed by atoms with Crippen LogP contribution in [0.5, 0.6) is 5.88 Å². The largest absolute Gasteiger partial charge is 0.616 e. The molecule has 0 aliphatic rings. The Labute approximate surface area is 104 Å². The number of carbonyl (C=O) groups is 1. The molecule has 0 unspecified atom stereocenters. The Hall–Kier alpha value is -2.56. The molecule has 0 radical (unpaired) electrons. The maximum atomic E-state index is 11.5. The highest BCUT2D eigenvalue weighted by Gasteiger charge is 2.08. The number of nitrogens with zero attached hydrogens (tertiary/aromatic N) is 1. The molecule has 2 aromatic rings. The summed E-state index contributed by atoms with van der Waals surface area (Å²) in [4.78, 5) is 11.5. The van der Waals surface area contributed by atoms with E-state index in [1.165, 1.54) is 12.3 Å². The van der Waals surface area contributed by atoms with Crippen LogP contribution in [0.4, 0.5) is 5.69 Å². The zero-order valence-corrected chi connectivity index (χ0v) is 9.58. The third-order valence-corrected chi connectivity index (χ3v) is 2.20. The molecule has 0 aliphatic heterocycles. The van der Waals surface area contributed by atoms with E-state index in [4.69, 9.17) is 4.74 Å². The van der Waals surface area contributed by atoms with Crippen LogP contribution < -0.4 is 14.8 Å². The van der Waals surface area contributed by atoms with E-state index in [1.807, 2.05) is 18.2 Å². The highest BCUT2D eigenvalue weighted by atomic mass is 16.6. The van der Waals surface area contributed by atoms with E-state index < -0.39 is 0 Å². The lowest BCUT2D eigenvalue weighted by atomic mass is 10.3. The number of hydrogen-bond acceptors (Lipinski definition) is 3. The minimum Gasteiger partial charge on any atom is -0.616 e. The summed E-state index contributed by atoms with van der Waals surface area (Å²) in [6.07, 6.45) is 1.31. The lowest BCUT2D eigenvalue weighted by Gasteiger charge is -2.06. The van der Waals surface area contributed by atoms with Gasteiger partial charge in [0.25, 0.3) is 5.91 Å². The van der Waals surface area contributed by atoms with Crippen molar-refractivity contribution in [3.05, 3.63) is 59.9 Å². The van der Waals surface area contributed by atoms with E-state index in [-0.39, 0.29) is 18.4 Å². The maximum absolute atomic E-state index is 11.5. The van der Waals surface area contributed by atoms with Gasteiger partial charge >= 0.3 is 5.88 Å². The molecular formula is C13H12N2O3. The van der Waals surface area contributed by atoms with Crippen molar-refractivity contribution in [2.45, 2.75) is 0 Å². The number of carbonyl (C=O) groups excluding carboxylic acids is 1. The number of nitrogens with one attached hydrogen (secondary N) is 1. The molecule has 1 N–H and O–H groups in total. The first-order valence-corrected chi connectivity index (χ1v) is 5.41. The zero-order valence-electron chi connectivity index (χ0n) is 9.58. The van der Waals surface area contributed by atoms with Gasteiger partial charge in [-0.15, -0.1) is 4.73 Å². The Morgan fingerprint density at radius 2 is 1.89 bits per heavy atom. The molecule has 5 heteroatoms. The summed E-state index contributed by atoms with van der Waals surface area (Å²) in [7, 11) is 0. The van der Waals surface area contributed by atoms with Crippen LogP contribution in [0.2, 0.25) is 0 Å². The van der Waals surface area contributed by atoms with Crippen LogP contribution in [0.15, 0.2) is 54.7 Å². The second kappa shape index (κ2) is 5.67. The second-order valence-corrected chi connectivity index (χ2v) is 3.57. The van der Waals surface area contributed by atoms with E-state index in [0.29, 0.717) is 10.4 Å². The highest BCUT2D eigenvalue weighted by molar-refractivity contribution is 5.91. The number of anilines is 1. The van der Waals surface area contributed by atoms with Crippen molar-refractivity contribution in [3.63, 3.8) is 0 Å². The molecule has 1 heterocycles. The minimum absolute atomic E-state index is 0.0979. The fourth-order valence-corrected chi connectivity index (χ4v) is 1.38. The molecule has 0 fully saturated rings. The number of amides is 1. The van der Waals surface area contributed by atoms with Gasteiger partial charge in [-0.3, -0.25) is 4.79 Å². The van der Waals surface area contributed by atoms with Crippen molar-refractivity contribution in [1.29, 1.82) is 0 Å². The van der Waals surface area contributed by atoms with Crippen molar-refractivity contribution in [2.75, 3.05) is 11.9 Å². The average molecular weight is 244 g/mol. The van der Waals surface area contributed by atoms with E-state index >= 15 is 0 Å². The number of benzene rings is 1. The molecule has 18 heavy (non-hydrogen) atoms. The normalized spacial score (nSPS) is 9.78. The van der Waals surface area contributed by atoms with Gasteiger partial charge in [0.05, 0.1) is 6.07 Å². The highest BCUT2D eigenvalue weighted by Crippen LogP contribution is 2.05. The molecule has 0 atom stereocenters. The summed E-state index contributed by atoms with van der Waals surface area (Å²) >= 11 is 0. The zero-order chi connectivity index (χ0) is 12.8. The summed E-state index contributed by atoms with van der Waals surface area (Å²) in [5, 5.41) is 13.9. The van der Waals surface area contributed by atoms with Gasteiger partial charge in [-0.1, -0.05) is 18.2 Å². The fourth-order valence-electron chi connectivity index (χ4n) is 1.38. The summed E-state index contributed by atoms with van der Waals surface area (Å²) in [5.41, 5.74) is 0.689. The molecule has 1 aromatic carbocycles. The number of pyridine rings is 1. The minimum atomic E-state index is -0.315. The number of para-hydroxylation sites is 1. The molecule has 2 rings (SSSR count). The van der Waals surface area contributed by atoms with E-state index in [9.17, 15) is 10.0 Å². The maximum Gasteiger partial charge on any atom is 0.379 e. The van der Waals surface area contributed by atoms with Crippen molar-refractivity contribution < 1.29 is 14.3 Å². The van der Waals surface area contributed by atoms with Crippen LogP contribution in [0.1, 0.15) is 0 Å². The quantitative estimate of drug-likeness (QED) is 0.652. The van der Waals surface area contributed by atoms with E-state index in [1.54, 1.807) is 24.3 Å². The lowest BCUT2D eigenvalue weighted by molar-refractivity contribution is -0.612. The van der Waals surface area contributed by atoms with Gasteiger partial charge in [-0.25, -0.2) is 0 Å². The van der Waals surface area contributed by atoms with Crippen molar-refractivity contribution in [3.8, 4) is 5.88 Å². The number of aromatic nitrogens is 1. The molecule has 0 spiro atoms. The Bertz CT molecular complexity index is 529. The summed E-state index contributed by atoms with van der Waals surface area (Å²) in [5.74, 6) is -0.217. The molecule has 5 nitrogen and oxygen atoms in total. The van der Waals surface area contributed by atoms with Gasteiger partial charge in [0.1, 0.15) is 0 Å². The standard InChI is InChI=1S/C13H12N2O3/c16-12(14-11-6-2-1-3-7-11)10-18-13-8-4-5-9-15(13)17/h1-9H,10H2,(H,14,16). The number of rotatable bonds is 4. The van der Waals surface area contributed by atoms with Crippen molar-refractivity contribution >= 4 is 11.6 Å². The predicted octanol–water partition coefficient (Wildman–Crippen LogP) is 1.34. The Morgan fingerprint density at radius 1 is 1.17 bits per heavy atom. The summed E-state index contributed by atoms with van der Waals surface area (Å²) in [6.45, 7) is -0.207. The van der Waals surface area contributed by atoms with Crippen LogP contribution in [0.25, 0.3) is 0 Å². The predicted molar refractivity (Wildman–Crippen MR) is 66.0 cm³/mol. The van der Waals surface area contributed by atoms with Crippen LogP contribution in [-0.2, 0) is 4.79 Å². The second-order valence-electron chi connectivity index (χ2n) is 3.57. The van der Waals surface area contributed by atoms with Crippen LogP contribution >= 0.6 is 0 Å². The monoisotopic (exact) mass is 244 g/mol. The first-order chi connectivity index (χ1) is 8.75. The average Bonchev–Trinajstić information content (AvgIpc) is 2.39. The third kappa shape index (κ3) is 3.21. The van der Waals surface area contributed by atoms with Gasteiger partial charge in [-0.2, -0.15) is 0 Å². The SMILES string of the molecule is O=C(COc1cccc[n+]1[O-])Nc1ccccc1. The number of ether oxygens (including phenoxy) is 1. The molecule has 92 valence electrons. The summed E-state index contributed by atoms with van der Waals surface area (Å²) < 4.78 is 5.67. The smallest absolute Gasteiger partial charge is 0.379 e. The van der Waals surface area contributed by atoms with Crippen LogP contribution in [0, 0.1) is 5.21 Å². The first kappa shape index (κ1) is 11.9. The lowest BCUT2D eigenvalue weighted by Crippen LogP contribution is -2.30. The molecule has 0 aliphatic carbocycles. The molecular weight excluding hydrogens is 232 g/mol. The van der Waals surface area contributed by atoms with Gasteiger partial charge in [0, 0.05) is 11.8 Å². The van der Waals surface area contributed by atoms with Gasteiger partial charge in [-0.05, 0) is 18.2 Å². The number of hydrogen-bond donors (Lipinski definition) is 1. The van der Waals surface area contributed by atoms with Crippen LogP contribution in [-0.4, -0.2) is 12.5 Å². The Morgan fingerprint density at radius 3 is 2.61 bits per heavy atom. The molecule has 1 aromatic heterocycles. The van der Waals surface area contributed by atoms with Gasteiger partial charge < -0.3 is 15.3 Å². The van der Waals surface area contributed by atoms with E-state index in [2.05, 4.69) is 5.32 Å². The molecule has 0 bridgehead atoms. The first-order valence-electron chi connectivity index (χ1n) is 5.41. The molecule has 0 saturated carbocycles. The third-order valence-electron chi connectivity index (χ3n) is 2.20. The summed E-state index contributed by atoms with van der Waals surface area (Å²) in [6, 6.07) is 13.8. The van der Waals surface area contributed by atoms with Gasteiger partial charge in [0.2, 0.25) is 0 Å². The topological polar surface area (TPSA) is 65.3 Å². The fraction of sp³-hybridized carbons (Fsp3) is 0.0769. The Balaban J connectivity index is 1.88. The van der Waals surface area contributed by atoms with Crippen molar-refractivity contribution in [1.82, 2.24) is 0 Å². The molecule has 1 amide bonds. The van der Waals surface area contributed by atoms with Crippen LogP contribution in [0.3, 0.4) is 0 Å². The van der Waals surface area contributed by atoms with Crippen molar-refractivity contribution in [2.24, 2.45) is 0 Å².